The van der Waals surface area contributed by atoms with E-state index in [0.29, 0.717) is 24.1 Å². The Hall–Kier alpha value is -3.21. The number of methoxy groups -OCH3 is 1. The lowest BCUT2D eigenvalue weighted by molar-refractivity contribution is -0.141. The van der Waals surface area contributed by atoms with Crippen molar-refractivity contribution in [2.75, 3.05) is 26.7 Å². The molecule has 31 heavy (non-hydrogen) atoms. The standard InChI is InChI=1S/C24H27N3O4/c1-31-22(28)16-21(18-8-3-2-4-9-18)26-14-12-24(30)17-27(15-7-13-25)23(29)19-10-5-6-11-20(19)24/h2-6,8-11,21,26,30H,7,12,14-17H2,1H3/t21-,24?/m0/s1. The second-order valence-electron chi connectivity index (χ2n) is 7.66. The van der Waals surface area contributed by atoms with E-state index >= 15 is 0 Å². The van der Waals surface area contributed by atoms with Gasteiger partial charge in [0.05, 0.1) is 32.6 Å². The van der Waals surface area contributed by atoms with Gasteiger partial charge in [0.1, 0.15) is 5.60 Å². The maximum atomic E-state index is 12.8. The molecule has 0 aliphatic carbocycles. The van der Waals surface area contributed by atoms with E-state index in [2.05, 4.69) is 11.4 Å². The molecule has 1 heterocycles. The number of esters is 1. The molecule has 2 atom stereocenters. The van der Waals surface area contributed by atoms with Crippen LogP contribution in [-0.4, -0.2) is 48.6 Å². The molecule has 0 fully saturated rings. The predicted octanol–water partition coefficient (Wildman–Crippen LogP) is 2.53. The van der Waals surface area contributed by atoms with Gasteiger partial charge in [0, 0.05) is 18.2 Å². The normalized spacial score (nSPS) is 18.7. The van der Waals surface area contributed by atoms with Crippen LogP contribution in [-0.2, 0) is 15.1 Å². The fourth-order valence-corrected chi connectivity index (χ4v) is 3.99. The van der Waals surface area contributed by atoms with E-state index in [4.69, 9.17) is 10.00 Å². The number of amides is 1. The molecule has 7 heteroatoms. The molecule has 7 nitrogen and oxygen atoms in total. The molecule has 2 aromatic rings. The van der Waals surface area contributed by atoms with Crippen molar-refractivity contribution in [2.45, 2.75) is 30.9 Å². The number of nitriles is 1. The van der Waals surface area contributed by atoms with E-state index in [0.717, 1.165) is 5.56 Å². The van der Waals surface area contributed by atoms with Crippen LogP contribution in [0.5, 0.6) is 0 Å². The number of carbonyl (C=O) groups is 2. The number of fused-ring (bicyclic) bond motifs is 1. The summed E-state index contributed by atoms with van der Waals surface area (Å²) in [6.45, 7) is 0.815. The first-order valence-corrected chi connectivity index (χ1v) is 10.3. The molecular formula is C24H27N3O4. The molecule has 1 unspecified atom stereocenters. The van der Waals surface area contributed by atoms with Crippen molar-refractivity contribution in [3.05, 3.63) is 71.3 Å². The minimum Gasteiger partial charge on any atom is -0.469 e. The SMILES string of the molecule is COC(=O)C[C@H](NCCC1(O)CN(CCC#N)C(=O)c2ccccc21)c1ccccc1. The van der Waals surface area contributed by atoms with Gasteiger partial charge in [0.15, 0.2) is 0 Å². The van der Waals surface area contributed by atoms with Gasteiger partial charge < -0.3 is 20.1 Å². The number of β-amino-alcohol motifs (C(OH)–C–C–N with tert-alkyl or cyclic N) is 1. The number of hydrogen-bond acceptors (Lipinski definition) is 6. The van der Waals surface area contributed by atoms with Gasteiger partial charge in [0.25, 0.3) is 5.91 Å². The Morgan fingerprint density at radius 1 is 1.26 bits per heavy atom. The fourth-order valence-electron chi connectivity index (χ4n) is 3.99. The summed E-state index contributed by atoms with van der Waals surface area (Å²) < 4.78 is 4.83. The van der Waals surface area contributed by atoms with Crippen LogP contribution in [0, 0.1) is 11.3 Å². The molecule has 0 spiro atoms. The molecule has 0 saturated heterocycles. The van der Waals surface area contributed by atoms with Gasteiger partial charge >= 0.3 is 5.97 Å². The summed E-state index contributed by atoms with van der Waals surface area (Å²) in [5.74, 6) is -0.493. The van der Waals surface area contributed by atoms with Crippen molar-refractivity contribution in [1.29, 1.82) is 5.26 Å². The second-order valence-corrected chi connectivity index (χ2v) is 7.66. The summed E-state index contributed by atoms with van der Waals surface area (Å²) in [7, 11) is 1.36. The molecule has 0 saturated carbocycles. The number of ether oxygens (including phenoxy) is 1. The molecule has 1 amide bonds. The molecule has 0 bridgehead atoms. The van der Waals surface area contributed by atoms with Gasteiger partial charge in [-0.05, 0) is 30.2 Å². The Kier molecular flexibility index (Phi) is 7.40. The van der Waals surface area contributed by atoms with Crippen LogP contribution in [0.1, 0.15) is 46.8 Å². The third kappa shape index (κ3) is 5.29. The van der Waals surface area contributed by atoms with Crippen molar-refractivity contribution in [3.8, 4) is 6.07 Å². The van der Waals surface area contributed by atoms with E-state index in [9.17, 15) is 14.7 Å². The van der Waals surface area contributed by atoms with Crippen LogP contribution < -0.4 is 5.32 Å². The number of aliphatic hydroxyl groups is 1. The van der Waals surface area contributed by atoms with Gasteiger partial charge in [0.2, 0.25) is 0 Å². The summed E-state index contributed by atoms with van der Waals surface area (Å²) in [6, 6.07) is 18.5. The zero-order chi connectivity index (χ0) is 22.3. The lowest BCUT2D eigenvalue weighted by atomic mass is 9.82. The smallest absolute Gasteiger partial charge is 0.307 e. The molecule has 3 rings (SSSR count). The molecule has 1 aliphatic heterocycles. The Bertz CT molecular complexity index is 957. The molecule has 2 aromatic carbocycles. The Labute approximate surface area is 182 Å². The maximum absolute atomic E-state index is 12.8. The minimum absolute atomic E-state index is 0.124. The lowest BCUT2D eigenvalue weighted by Crippen LogP contribution is -2.50. The van der Waals surface area contributed by atoms with Crippen LogP contribution in [0.2, 0.25) is 0 Å². The Balaban J connectivity index is 1.76. The Morgan fingerprint density at radius 3 is 2.68 bits per heavy atom. The number of hydrogen-bond donors (Lipinski definition) is 2. The quantitative estimate of drug-likeness (QED) is 0.603. The number of nitrogens with one attached hydrogen (secondary N) is 1. The van der Waals surface area contributed by atoms with Crippen LogP contribution in [0.3, 0.4) is 0 Å². The highest BCUT2D eigenvalue weighted by atomic mass is 16.5. The van der Waals surface area contributed by atoms with Crippen LogP contribution >= 0.6 is 0 Å². The van der Waals surface area contributed by atoms with Crippen LogP contribution in [0.4, 0.5) is 0 Å². The first kappa shape index (κ1) is 22.5. The van der Waals surface area contributed by atoms with Crippen molar-refractivity contribution in [3.63, 3.8) is 0 Å². The second kappa shape index (κ2) is 10.2. The summed E-state index contributed by atoms with van der Waals surface area (Å²) in [5.41, 5.74) is 0.761. The minimum atomic E-state index is -1.25. The van der Waals surface area contributed by atoms with Crippen LogP contribution in [0.15, 0.2) is 54.6 Å². The zero-order valence-electron chi connectivity index (χ0n) is 17.6. The number of carbonyl (C=O) groups excluding carboxylic acids is 2. The highest BCUT2D eigenvalue weighted by Gasteiger charge is 2.41. The summed E-state index contributed by atoms with van der Waals surface area (Å²) in [4.78, 5) is 26.2. The van der Waals surface area contributed by atoms with Crippen molar-refractivity contribution >= 4 is 11.9 Å². The molecule has 0 radical (unpaired) electrons. The lowest BCUT2D eigenvalue weighted by Gasteiger charge is -2.40. The van der Waals surface area contributed by atoms with E-state index in [1.54, 1.807) is 24.3 Å². The first-order chi connectivity index (χ1) is 15.0. The van der Waals surface area contributed by atoms with Crippen molar-refractivity contribution in [2.24, 2.45) is 0 Å². The highest BCUT2D eigenvalue weighted by molar-refractivity contribution is 5.97. The van der Waals surface area contributed by atoms with E-state index in [1.165, 1.54) is 12.0 Å². The van der Waals surface area contributed by atoms with Gasteiger partial charge in [-0.25, -0.2) is 0 Å². The van der Waals surface area contributed by atoms with Gasteiger partial charge in [-0.1, -0.05) is 48.5 Å². The van der Waals surface area contributed by atoms with Crippen molar-refractivity contribution in [1.82, 2.24) is 10.2 Å². The number of benzene rings is 2. The summed E-state index contributed by atoms with van der Waals surface area (Å²) >= 11 is 0. The largest absolute Gasteiger partial charge is 0.469 e. The third-order valence-electron chi connectivity index (χ3n) is 5.62. The monoisotopic (exact) mass is 421 g/mol. The highest BCUT2D eigenvalue weighted by Crippen LogP contribution is 2.34. The molecule has 2 N–H and O–H groups in total. The fraction of sp³-hybridized carbons (Fsp3) is 0.375. The summed E-state index contributed by atoms with van der Waals surface area (Å²) in [5, 5.41) is 23.8. The molecule has 0 aromatic heterocycles. The molecular weight excluding hydrogens is 394 g/mol. The van der Waals surface area contributed by atoms with Gasteiger partial charge in [-0.3, -0.25) is 9.59 Å². The van der Waals surface area contributed by atoms with E-state index in [-0.39, 0.29) is 43.8 Å². The van der Waals surface area contributed by atoms with Crippen molar-refractivity contribution < 1.29 is 19.4 Å². The van der Waals surface area contributed by atoms with E-state index < -0.39 is 5.60 Å². The predicted molar refractivity (Wildman–Crippen MR) is 115 cm³/mol. The Morgan fingerprint density at radius 2 is 1.97 bits per heavy atom. The number of nitrogens with zero attached hydrogens (tertiary/aromatic N) is 2. The van der Waals surface area contributed by atoms with Gasteiger partial charge in [-0.15, -0.1) is 0 Å². The molecule has 1 aliphatic rings. The van der Waals surface area contributed by atoms with Crippen LogP contribution in [0.25, 0.3) is 0 Å². The molecule has 162 valence electrons. The number of rotatable bonds is 9. The zero-order valence-corrected chi connectivity index (χ0v) is 17.6. The average molecular weight is 421 g/mol. The topological polar surface area (TPSA) is 103 Å². The summed E-state index contributed by atoms with van der Waals surface area (Å²) in [6.07, 6.45) is 0.713. The van der Waals surface area contributed by atoms with E-state index in [1.807, 2.05) is 30.3 Å². The van der Waals surface area contributed by atoms with Gasteiger partial charge in [-0.2, -0.15) is 5.26 Å². The average Bonchev–Trinajstić information content (AvgIpc) is 2.80. The first-order valence-electron chi connectivity index (χ1n) is 10.3. The maximum Gasteiger partial charge on any atom is 0.307 e. The third-order valence-corrected chi connectivity index (χ3v) is 5.62.